The fraction of sp³-hybridized carbons (Fsp3) is 0.500. The maximum absolute atomic E-state index is 5.39. The van der Waals surface area contributed by atoms with E-state index in [4.69, 9.17) is 9.47 Å². The van der Waals surface area contributed by atoms with Gasteiger partial charge < -0.3 is 19.7 Å². The lowest BCUT2D eigenvalue weighted by molar-refractivity contribution is 0.394. The zero-order valence-corrected chi connectivity index (χ0v) is 16.2. The topological polar surface area (TPSA) is 59.5 Å². The average molecular weight is 356 g/mol. The minimum Gasteiger partial charge on any atom is -0.497 e. The molecule has 1 fully saturated rings. The Morgan fingerprint density at radius 1 is 1.08 bits per heavy atom. The zero-order chi connectivity index (χ0) is 18.7. The van der Waals surface area contributed by atoms with Crippen LogP contribution >= 0.6 is 0 Å². The number of nitrogens with zero attached hydrogens (tertiary/aromatic N) is 3. The number of hydrogen-bond acceptors (Lipinski definition) is 6. The molecule has 1 N–H and O–H groups in total. The van der Waals surface area contributed by atoms with Gasteiger partial charge in [-0.3, -0.25) is 0 Å². The summed E-state index contributed by atoms with van der Waals surface area (Å²) in [5.74, 6) is 3.74. The first-order valence-electron chi connectivity index (χ1n) is 9.08. The third-order valence-electron chi connectivity index (χ3n) is 4.63. The molecule has 2 aromatic rings. The smallest absolute Gasteiger partial charge is 0.133 e. The highest BCUT2D eigenvalue weighted by Gasteiger charge is 2.24. The number of ether oxygens (including phenoxy) is 2. The van der Waals surface area contributed by atoms with E-state index in [2.05, 4.69) is 46.2 Å². The summed E-state index contributed by atoms with van der Waals surface area (Å²) in [4.78, 5) is 11.5. The first-order chi connectivity index (χ1) is 12.5. The highest BCUT2D eigenvalue weighted by atomic mass is 16.5. The van der Waals surface area contributed by atoms with Crippen LogP contribution in [0.2, 0.25) is 0 Å². The summed E-state index contributed by atoms with van der Waals surface area (Å²) in [6.45, 7) is 8.14. The molecule has 1 saturated heterocycles. The Morgan fingerprint density at radius 3 is 2.38 bits per heavy atom. The van der Waals surface area contributed by atoms with Crippen LogP contribution in [0.3, 0.4) is 0 Å². The van der Waals surface area contributed by atoms with Gasteiger partial charge in [0.1, 0.15) is 23.1 Å². The summed E-state index contributed by atoms with van der Waals surface area (Å²) in [5, 5.41) is 3.58. The van der Waals surface area contributed by atoms with Gasteiger partial charge in [0.15, 0.2) is 0 Å². The maximum atomic E-state index is 5.39. The van der Waals surface area contributed by atoms with Crippen LogP contribution in [-0.2, 0) is 0 Å². The Bertz CT molecular complexity index is 741. The van der Waals surface area contributed by atoms with Crippen molar-refractivity contribution in [1.82, 2.24) is 9.97 Å². The van der Waals surface area contributed by atoms with Crippen LogP contribution in [0.15, 0.2) is 24.3 Å². The molecular weight excluding hydrogens is 328 g/mol. The van der Waals surface area contributed by atoms with Gasteiger partial charge in [0.2, 0.25) is 0 Å². The highest BCUT2D eigenvalue weighted by molar-refractivity contribution is 5.57. The van der Waals surface area contributed by atoms with Gasteiger partial charge in [-0.2, -0.15) is 0 Å². The van der Waals surface area contributed by atoms with Crippen LogP contribution in [-0.4, -0.2) is 43.3 Å². The van der Waals surface area contributed by atoms with Crippen LogP contribution < -0.4 is 19.7 Å². The van der Waals surface area contributed by atoms with Crippen molar-refractivity contribution in [2.75, 3.05) is 37.5 Å². The summed E-state index contributed by atoms with van der Waals surface area (Å²) in [5.41, 5.74) is 2.12. The molecule has 1 aliphatic heterocycles. The summed E-state index contributed by atoms with van der Waals surface area (Å²) in [6, 6.07) is 8.37. The number of benzene rings is 1. The van der Waals surface area contributed by atoms with Crippen molar-refractivity contribution in [3.63, 3.8) is 0 Å². The fourth-order valence-corrected chi connectivity index (χ4v) is 3.22. The van der Waals surface area contributed by atoms with Crippen LogP contribution in [0.1, 0.15) is 37.7 Å². The van der Waals surface area contributed by atoms with Gasteiger partial charge in [-0.15, -0.1) is 0 Å². The lowest BCUT2D eigenvalue weighted by Crippen LogP contribution is -2.26. The number of nitrogens with one attached hydrogen (secondary N) is 1. The highest BCUT2D eigenvalue weighted by Crippen LogP contribution is 2.31. The van der Waals surface area contributed by atoms with Gasteiger partial charge in [-0.1, -0.05) is 13.8 Å². The van der Waals surface area contributed by atoms with Crippen molar-refractivity contribution in [3.05, 3.63) is 35.8 Å². The van der Waals surface area contributed by atoms with E-state index in [1.54, 1.807) is 14.2 Å². The second-order valence-corrected chi connectivity index (χ2v) is 7.05. The van der Waals surface area contributed by atoms with Gasteiger partial charge in [0.05, 0.1) is 14.2 Å². The molecule has 3 rings (SSSR count). The minimum atomic E-state index is 0.319. The van der Waals surface area contributed by atoms with E-state index in [1.807, 2.05) is 19.1 Å². The Balaban J connectivity index is 1.71. The molecule has 1 atom stereocenters. The van der Waals surface area contributed by atoms with Crippen molar-refractivity contribution in [2.24, 2.45) is 0 Å². The zero-order valence-electron chi connectivity index (χ0n) is 16.2. The second kappa shape index (κ2) is 7.81. The van der Waals surface area contributed by atoms with Crippen molar-refractivity contribution < 1.29 is 9.47 Å². The first kappa shape index (κ1) is 18.3. The summed E-state index contributed by atoms with van der Waals surface area (Å²) in [6.07, 6.45) is 1.06. The molecule has 0 saturated carbocycles. The Labute approximate surface area is 155 Å². The van der Waals surface area contributed by atoms with E-state index in [9.17, 15) is 0 Å². The van der Waals surface area contributed by atoms with Crippen LogP contribution in [0, 0.1) is 6.92 Å². The fourth-order valence-electron chi connectivity index (χ4n) is 3.22. The number of hydrogen-bond donors (Lipinski definition) is 1. The monoisotopic (exact) mass is 356 g/mol. The molecule has 1 aromatic heterocycles. The molecular formula is C20H28N4O2. The van der Waals surface area contributed by atoms with E-state index in [0.29, 0.717) is 12.0 Å². The number of methoxy groups -OCH3 is 2. The number of rotatable bonds is 6. The van der Waals surface area contributed by atoms with Crippen molar-refractivity contribution in [3.8, 4) is 11.5 Å². The van der Waals surface area contributed by atoms with Crippen LogP contribution in [0.5, 0.6) is 11.5 Å². The van der Waals surface area contributed by atoms with Gasteiger partial charge in [0.25, 0.3) is 0 Å². The van der Waals surface area contributed by atoms with Crippen molar-refractivity contribution in [2.45, 2.75) is 39.2 Å². The Kier molecular flexibility index (Phi) is 5.49. The molecule has 0 bridgehead atoms. The molecule has 1 aromatic carbocycles. The standard InChI is InChI=1S/C20H28N4O2/c1-13(2)20-21-14(3)8-19(23-20)22-15-6-7-24(12-15)16-9-17(25-4)11-18(10-16)26-5/h8-11,13,15H,6-7,12H2,1-5H3,(H,21,22,23). The molecule has 6 nitrogen and oxygen atoms in total. The van der Waals surface area contributed by atoms with Crippen LogP contribution in [0.4, 0.5) is 11.5 Å². The minimum absolute atomic E-state index is 0.319. The first-order valence-corrected chi connectivity index (χ1v) is 9.08. The molecule has 6 heteroatoms. The quantitative estimate of drug-likeness (QED) is 0.853. The van der Waals surface area contributed by atoms with Gasteiger partial charge in [-0.25, -0.2) is 9.97 Å². The molecule has 0 amide bonds. The molecule has 1 aliphatic rings. The predicted molar refractivity (Wildman–Crippen MR) is 105 cm³/mol. The second-order valence-electron chi connectivity index (χ2n) is 7.05. The molecule has 0 aliphatic carbocycles. The molecule has 26 heavy (non-hydrogen) atoms. The molecule has 1 unspecified atom stereocenters. The van der Waals surface area contributed by atoms with E-state index < -0.39 is 0 Å². The number of aromatic nitrogens is 2. The molecule has 0 radical (unpaired) electrons. The van der Waals surface area contributed by atoms with E-state index in [0.717, 1.165) is 54.0 Å². The number of aryl methyl sites for hydroxylation is 1. The molecule has 140 valence electrons. The maximum Gasteiger partial charge on any atom is 0.133 e. The van der Waals surface area contributed by atoms with Crippen molar-refractivity contribution in [1.29, 1.82) is 0 Å². The predicted octanol–water partition coefficient (Wildman–Crippen LogP) is 3.62. The third-order valence-corrected chi connectivity index (χ3v) is 4.63. The normalized spacial score (nSPS) is 16.8. The Morgan fingerprint density at radius 2 is 1.77 bits per heavy atom. The largest absolute Gasteiger partial charge is 0.497 e. The van der Waals surface area contributed by atoms with Crippen molar-refractivity contribution >= 4 is 11.5 Å². The lowest BCUT2D eigenvalue weighted by atomic mass is 10.2. The summed E-state index contributed by atoms with van der Waals surface area (Å²) in [7, 11) is 3.35. The van der Waals surface area contributed by atoms with Gasteiger partial charge in [-0.05, 0) is 13.3 Å². The lowest BCUT2D eigenvalue weighted by Gasteiger charge is -2.21. The van der Waals surface area contributed by atoms with Gasteiger partial charge in [0, 0.05) is 60.7 Å². The Hall–Kier alpha value is -2.50. The van der Waals surface area contributed by atoms with E-state index in [-0.39, 0.29) is 0 Å². The van der Waals surface area contributed by atoms with Gasteiger partial charge >= 0.3 is 0 Å². The van der Waals surface area contributed by atoms with Crippen LogP contribution in [0.25, 0.3) is 0 Å². The average Bonchev–Trinajstić information content (AvgIpc) is 3.09. The number of anilines is 2. The van der Waals surface area contributed by atoms with E-state index in [1.165, 1.54) is 0 Å². The molecule has 0 spiro atoms. The molecule has 2 heterocycles. The van der Waals surface area contributed by atoms with E-state index >= 15 is 0 Å². The summed E-state index contributed by atoms with van der Waals surface area (Å²) < 4.78 is 10.8. The third kappa shape index (κ3) is 4.18. The SMILES string of the molecule is COc1cc(OC)cc(N2CCC(Nc3cc(C)nc(C(C)C)n3)C2)c1. The summed E-state index contributed by atoms with van der Waals surface area (Å²) >= 11 is 0.